The van der Waals surface area contributed by atoms with Gasteiger partial charge in [-0.15, -0.1) is 0 Å². The smallest absolute Gasteiger partial charge is 0.136 e. The molecule has 1 nitrogen and oxygen atoms in total. The van der Waals surface area contributed by atoms with E-state index in [2.05, 4.69) is 109 Å². The van der Waals surface area contributed by atoms with Gasteiger partial charge in [0.25, 0.3) is 0 Å². The van der Waals surface area contributed by atoms with Gasteiger partial charge in [0.2, 0.25) is 0 Å². The average molecular weight is 654 g/mol. The maximum atomic E-state index is 8.98. The summed E-state index contributed by atoms with van der Waals surface area (Å²) in [7, 11) is 0. The lowest BCUT2D eigenvalue weighted by molar-refractivity contribution is 0.669. The molecule has 0 saturated heterocycles. The van der Waals surface area contributed by atoms with Crippen molar-refractivity contribution in [3.05, 3.63) is 194 Å². The van der Waals surface area contributed by atoms with Crippen molar-refractivity contribution in [1.29, 1.82) is 0 Å². The minimum atomic E-state index is -0.412. The summed E-state index contributed by atoms with van der Waals surface area (Å²) in [6.45, 7) is 0. The molecule has 1 heterocycles. The van der Waals surface area contributed by atoms with Crippen LogP contribution in [0.3, 0.4) is 0 Å². The zero-order chi connectivity index (χ0) is 38.1. The molecule has 0 atom stereocenters. The lowest BCUT2D eigenvalue weighted by Gasteiger charge is -2.19. The molecule has 0 unspecified atom stereocenters. The van der Waals surface area contributed by atoms with Crippen LogP contribution in [0.15, 0.2) is 198 Å². The Kier molecular flexibility index (Phi) is 5.76. The highest BCUT2D eigenvalue weighted by molar-refractivity contribution is 6.26. The fourth-order valence-electron chi connectivity index (χ4n) is 7.74. The number of hydrogen-bond acceptors (Lipinski definition) is 1. The van der Waals surface area contributed by atoms with Gasteiger partial charge in [-0.2, -0.15) is 0 Å². The van der Waals surface area contributed by atoms with E-state index in [-0.39, 0.29) is 29.7 Å². The summed E-state index contributed by atoms with van der Waals surface area (Å²) < 4.78 is 49.8. The number of furan rings is 1. The summed E-state index contributed by atoms with van der Waals surface area (Å²) in [4.78, 5) is 0. The Hall–Kier alpha value is -6.70. The third-order valence-corrected chi connectivity index (χ3v) is 9.97. The van der Waals surface area contributed by atoms with Crippen molar-refractivity contribution in [2.45, 2.75) is 0 Å². The Bertz CT molecular complexity index is 3100. The molecule has 0 saturated carbocycles. The lowest BCUT2D eigenvalue weighted by Crippen LogP contribution is -1.93. The van der Waals surface area contributed by atoms with E-state index in [1.807, 2.05) is 54.6 Å². The van der Waals surface area contributed by atoms with E-state index < -0.39 is 6.04 Å². The number of benzene rings is 9. The van der Waals surface area contributed by atoms with Crippen LogP contribution in [-0.4, -0.2) is 0 Å². The van der Waals surface area contributed by atoms with E-state index in [0.717, 1.165) is 88.0 Å². The third kappa shape index (κ3) is 4.86. The Morgan fingerprint density at radius 1 is 0.333 bits per heavy atom. The summed E-state index contributed by atoms with van der Waals surface area (Å²) in [5, 5.41) is 6.32. The maximum absolute atomic E-state index is 8.98. The first kappa shape index (κ1) is 24.4. The quantitative estimate of drug-likeness (QED) is 0.169. The number of hydrogen-bond donors (Lipinski definition) is 0. The molecular weight excluding hydrogens is 617 g/mol. The van der Waals surface area contributed by atoms with Crippen LogP contribution in [0.5, 0.6) is 0 Å². The van der Waals surface area contributed by atoms with E-state index in [4.69, 9.17) is 11.3 Å². The van der Waals surface area contributed by atoms with Crippen LogP contribution in [0, 0.1) is 0 Å². The van der Waals surface area contributed by atoms with Gasteiger partial charge in [0.1, 0.15) is 11.2 Å². The second-order valence-electron chi connectivity index (χ2n) is 12.8. The van der Waals surface area contributed by atoms with Crippen LogP contribution in [-0.2, 0) is 0 Å². The predicted molar refractivity (Wildman–Crippen MR) is 216 cm³/mol. The van der Waals surface area contributed by atoms with Gasteiger partial charge in [0, 0.05) is 10.8 Å². The van der Waals surface area contributed by atoms with Crippen molar-refractivity contribution >= 4 is 43.5 Å². The average Bonchev–Trinajstić information content (AvgIpc) is 3.63. The third-order valence-electron chi connectivity index (χ3n) is 9.97. The Morgan fingerprint density at radius 3 is 1.63 bits per heavy atom. The first-order chi connectivity index (χ1) is 27.4. The molecule has 0 amide bonds. The molecule has 0 bridgehead atoms. The molecule has 0 radical (unpaired) electrons. The largest absolute Gasteiger partial charge is 0.456 e. The van der Waals surface area contributed by atoms with Gasteiger partial charge in [-0.1, -0.05) is 170 Å². The van der Waals surface area contributed by atoms with Gasteiger partial charge < -0.3 is 4.42 Å². The molecule has 0 N–H and O–H groups in total. The van der Waals surface area contributed by atoms with Crippen molar-refractivity contribution in [2.24, 2.45) is 0 Å². The zero-order valence-corrected chi connectivity index (χ0v) is 27.5. The molecule has 0 aliphatic rings. The van der Waals surface area contributed by atoms with Gasteiger partial charge >= 0.3 is 0 Å². The van der Waals surface area contributed by atoms with Gasteiger partial charge in [0.15, 0.2) is 0 Å². The normalized spacial score (nSPS) is 12.9. The maximum Gasteiger partial charge on any atom is 0.136 e. The molecular formula is C50H32O. The van der Waals surface area contributed by atoms with E-state index in [1.54, 1.807) is 0 Å². The van der Waals surface area contributed by atoms with E-state index in [1.165, 1.54) is 0 Å². The van der Waals surface area contributed by atoms with E-state index in [9.17, 15) is 0 Å². The summed E-state index contributed by atoms with van der Waals surface area (Å²) in [6, 6.07) is 54.3. The minimum absolute atomic E-state index is 0.176. The zero-order valence-electron chi connectivity index (χ0n) is 32.5. The fourth-order valence-corrected chi connectivity index (χ4v) is 7.74. The van der Waals surface area contributed by atoms with E-state index >= 15 is 0 Å². The molecule has 10 aromatic rings. The molecule has 0 spiro atoms. The van der Waals surface area contributed by atoms with E-state index in [0.29, 0.717) is 5.56 Å². The Morgan fingerprint density at radius 2 is 0.941 bits per heavy atom. The molecule has 238 valence electrons. The van der Waals surface area contributed by atoms with Crippen molar-refractivity contribution in [3.63, 3.8) is 0 Å². The first-order valence-electron chi connectivity index (χ1n) is 19.6. The van der Waals surface area contributed by atoms with Gasteiger partial charge in [-0.25, -0.2) is 0 Å². The highest BCUT2D eigenvalue weighted by atomic mass is 16.3. The van der Waals surface area contributed by atoms with Crippen molar-refractivity contribution < 1.29 is 11.3 Å². The molecule has 51 heavy (non-hydrogen) atoms. The van der Waals surface area contributed by atoms with Crippen LogP contribution >= 0.6 is 0 Å². The summed E-state index contributed by atoms with van der Waals surface area (Å²) >= 11 is 0. The monoisotopic (exact) mass is 653 g/mol. The molecule has 1 aromatic heterocycles. The molecule has 0 fully saturated rings. The SMILES string of the molecule is [2H]c1c([2H])c([2H])c(-c2cc(-c3c4ccccc4c(-c4cccc5oc6ccc(-c7ccccc7)cc6c45)c4ccccc34)ccc2-c2ccccc2)c([2H])c1[2H]. The second-order valence-corrected chi connectivity index (χ2v) is 12.8. The molecule has 0 aliphatic carbocycles. The minimum Gasteiger partial charge on any atom is -0.456 e. The number of fused-ring (bicyclic) bond motifs is 5. The first-order valence-corrected chi connectivity index (χ1v) is 17.1. The molecule has 0 aliphatic heterocycles. The van der Waals surface area contributed by atoms with Crippen LogP contribution < -0.4 is 0 Å². The van der Waals surface area contributed by atoms with Crippen LogP contribution in [0.2, 0.25) is 0 Å². The van der Waals surface area contributed by atoms with Gasteiger partial charge in [-0.05, 0) is 101 Å². The van der Waals surface area contributed by atoms with Crippen molar-refractivity contribution in [1.82, 2.24) is 0 Å². The van der Waals surface area contributed by atoms with Gasteiger partial charge in [-0.3, -0.25) is 0 Å². The number of rotatable bonds is 5. The second kappa shape index (κ2) is 12.0. The fraction of sp³-hybridized carbons (Fsp3) is 0. The van der Waals surface area contributed by atoms with Crippen molar-refractivity contribution in [3.8, 4) is 55.6 Å². The molecule has 1 heteroatoms. The summed E-state index contributed by atoms with van der Waals surface area (Å²) in [5.74, 6) is 0. The Balaban J connectivity index is 1.28. The molecule has 9 aromatic carbocycles. The topological polar surface area (TPSA) is 13.1 Å². The predicted octanol–water partition coefficient (Wildman–Crippen LogP) is 14.2. The van der Waals surface area contributed by atoms with Crippen LogP contribution in [0.1, 0.15) is 6.85 Å². The Labute approximate surface area is 303 Å². The summed E-state index contributed by atoms with van der Waals surface area (Å²) in [5.41, 5.74) is 10.4. The highest BCUT2D eigenvalue weighted by Crippen LogP contribution is 2.48. The standard InChI is InChI=1S/C50H32O/c1-4-15-33(16-5-1)36-28-30-46-45(31-36)50-43(25-14-26-47(50)51-46)49-41-23-12-10-21-39(41)48(40-22-11-13-24-42(40)49)37-27-29-38(34-17-6-2-7-18-34)44(32-37)35-19-8-3-9-20-35/h1-32H/i3D,8D,9D,19D,20D. The molecule has 10 rings (SSSR count). The lowest BCUT2D eigenvalue weighted by atomic mass is 9.83. The van der Waals surface area contributed by atoms with Gasteiger partial charge in [0.05, 0.1) is 6.85 Å². The summed E-state index contributed by atoms with van der Waals surface area (Å²) in [6.07, 6.45) is 0. The van der Waals surface area contributed by atoms with Crippen molar-refractivity contribution in [2.75, 3.05) is 0 Å². The highest BCUT2D eigenvalue weighted by Gasteiger charge is 2.21. The van der Waals surface area contributed by atoms with Crippen LogP contribution in [0.4, 0.5) is 0 Å². The van der Waals surface area contributed by atoms with Crippen LogP contribution in [0.25, 0.3) is 99.1 Å².